The smallest absolute Gasteiger partial charge is 0.252 e. The molecule has 84 valence electrons. The van der Waals surface area contributed by atoms with Gasteiger partial charge in [0.1, 0.15) is 0 Å². The highest BCUT2D eigenvalue weighted by molar-refractivity contribution is 7.08. The van der Waals surface area contributed by atoms with Crippen molar-refractivity contribution >= 4 is 29.7 Å². The van der Waals surface area contributed by atoms with Crippen LogP contribution in [0.25, 0.3) is 0 Å². The number of rotatable bonds is 2. The van der Waals surface area contributed by atoms with Crippen LogP contribution in [0.4, 0.5) is 0 Å². The van der Waals surface area contributed by atoms with Crippen LogP contribution in [0.2, 0.25) is 0 Å². The van der Waals surface area contributed by atoms with Gasteiger partial charge in [0.05, 0.1) is 0 Å². The molecule has 2 heterocycles. The molecular weight excluding hydrogens is 232 g/mol. The molecule has 2 rings (SSSR count). The van der Waals surface area contributed by atoms with Crippen molar-refractivity contribution in [1.29, 1.82) is 0 Å². The third kappa shape index (κ3) is 3.48. The third-order valence-electron chi connectivity index (χ3n) is 2.42. The maximum atomic E-state index is 11.6. The van der Waals surface area contributed by atoms with E-state index in [0.717, 1.165) is 31.5 Å². The van der Waals surface area contributed by atoms with Gasteiger partial charge in [0.2, 0.25) is 0 Å². The second-order valence-corrected chi connectivity index (χ2v) is 4.31. The van der Waals surface area contributed by atoms with Gasteiger partial charge in [-0.3, -0.25) is 4.79 Å². The van der Waals surface area contributed by atoms with Crippen LogP contribution in [-0.4, -0.2) is 25.0 Å². The average molecular weight is 247 g/mol. The predicted molar refractivity (Wildman–Crippen MR) is 64.9 cm³/mol. The Balaban J connectivity index is 0.00000112. The Bertz CT molecular complexity index is 296. The van der Waals surface area contributed by atoms with Gasteiger partial charge in [-0.25, -0.2) is 0 Å². The molecule has 0 bridgehead atoms. The molecule has 0 radical (unpaired) electrons. The summed E-state index contributed by atoms with van der Waals surface area (Å²) in [6.07, 6.45) is 2.23. The van der Waals surface area contributed by atoms with Crippen molar-refractivity contribution in [2.24, 2.45) is 0 Å². The molecule has 0 unspecified atom stereocenters. The Labute approximate surface area is 99.7 Å². The summed E-state index contributed by atoms with van der Waals surface area (Å²) in [7, 11) is 0. The molecule has 1 fully saturated rings. The van der Waals surface area contributed by atoms with E-state index in [9.17, 15) is 4.79 Å². The van der Waals surface area contributed by atoms with Crippen molar-refractivity contribution in [2.45, 2.75) is 18.9 Å². The third-order valence-corrected chi connectivity index (χ3v) is 3.10. The number of thiophene rings is 1. The standard InChI is InChI=1S/C10H14N2OS.ClH/c13-10(8-3-5-14-7-8)12-9-2-1-4-11-6-9;/h3,5,7,9,11H,1-2,4,6H2,(H,12,13);1H/t9-;/m1./s1. The van der Waals surface area contributed by atoms with Gasteiger partial charge in [0, 0.05) is 23.5 Å². The van der Waals surface area contributed by atoms with Crippen LogP contribution in [0.3, 0.4) is 0 Å². The monoisotopic (exact) mass is 246 g/mol. The van der Waals surface area contributed by atoms with Crippen molar-refractivity contribution in [3.8, 4) is 0 Å². The molecule has 0 spiro atoms. The van der Waals surface area contributed by atoms with Crippen LogP contribution in [0, 0.1) is 0 Å². The van der Waals surface area contributed by atoms with Crippen LogP contribution in [0.5, 0.6) is 0 Å². The molecule has 0 aromatic carbocycles. The Morgan fingerprint density at radius 3 is 3.07 bits per heavy atom. The van der Waals surface area contributed by atoms with E-state index in [1.54, 1.807) is 11.3 Å². The minimum atomic E-state index is 0. The topological polar surface area (TPSA) is 41.1 Å². The van der Waals surface area contributed by atoms with E-state index in [4.69, 9.17) is 0 Å². The molecule has 1 amide bonds. The molecule has 2 N–H and O–H groups in total. The summed E-state index contributed by atoms with van der Waals surface area (Å²) in [6, 6.07) is 2.16. The maximum absolute atomic E-state index is 11.6. The summed E-state index contributed by atoms with van der Waals surface area (Å²) in [4.78, 5) is 11.6. The first-order valence-corrected chi connectivity index (χ1v) is 5.84. The first-order chi connectivity index (χ1) is 6.86. The first-order valence-electron chi connectivity index (χ1n) is 4.90. The van der Waals surface area contributed by atoms with Gasteiger partial charge in [0.15, 0.2) is 0 Å². The number of halogens is 1. The van der Waals surface area contributed by atoms with Crippen molar-refractivity contribution in [2.75, 3.05) is 13.1 Å². The quantitative estimate of drug-likeness (QED) is 0.833. The van der Waals surface area contributed by atoms with Crippen LogP contribution in [-0.2, 0) is 0 Å². The number of nitrogens with one attached hydrogen (secondary N) is 2. The highest BCUT2D eigenvalue weighted by atomic mass is 35.5. The highest BCUT2D eigenvalue weighted by Crippen LogP contribution is 2.07. The summed E-state index contributed by atoms with van der Waals surface area (Å²) in [5, 5.41) is 10.1. The Hall–Kier alpha value is -0.580. The second kappa shape index (κ2) is 6.10. The van der Waals surface area contributed by atoms with Gasteiger partial charge < -0.3 is 10.6 Å². The van der Waals surface area contributed by atoms with Crippen molar-refractivity contribution in [3.63, 3.8) is 0 Å². The van der Waals surface area contributed by atoms with Crippen molar-refractivity contribution in [1.82, 2.24) is 10.6 Å². The molecule has 15 heavy (non-hydrogen) atoms. The summed E-state index contributed by atoms with van der Waals surface area (Å²) < 4.78 is 0. The van der Waals surface area contributed by atoms with Crippen LogP contribution in [0.1, 0.15) is 23.2 Å². The zero-order chi connectivity index (χ0) is 9.80. The molecule has 1 atom stereocenters. The average Bonchev–Trinajstić information content (AvgIpc) is 2.72. The van der Waals surface area contributed by atoms with E-state index in [1.807, 2.05) is 16.8 Å². The van der Waals surface area contributed by atoms with Crippen LogP contribution >= 0.6 is 23.7 Å². The van der Waals surface area contributed by atoms with E-state index < -0.39 is 0 Å². The number of hydrogen-bond donors (Lipinski definition) is 2. The fourth-order valence-corrected chi connectivity index (χ4v) is 2.27. The van der Waals surface area contributed by atoms with Gasteiger partial charge in [-0.15, -0.1) is 12.4 Å². The molecule has 1 aromatic rings. The summed E-state index contributed by atoms with van der Waals surface area (Å²) in [6.45, 7) is 1.97. The summed E-state index contributed by atoms with van der Waals surface area (Å²) in [5.74, 6) is 0.0555. The minimum absolute atomic E-state index is 0. The fraction of sp³-hybridized carbons (Fsp3) is 0.500. The lowest BCUT2D eigenvalue weighted by Crippen LogP contribution is -2.45. The normalized spacial score (nSPS) is 20.4. The van der Waals surface area contributed by atoms with Gasteiger partial charge >= 0.3 is 0 Å². The van der Waals surface area contributed by atoms with E-state index >= 15 is 0 Å². The highest BCUT2D eigenvalue weighted by Gasteiger charge is 2.15. The lowest BCUT2D eigenvalue weighted by atomic mass is 10.1. The van der Waals surface area contributed by atoms with Gasteiger partial charge in [-0.05, 0) is 30.8 Å². The maximum Gasteiger partial charge on any atom is 0.252 e. The van der Waals surface area contributed by atoms with E-state index in [0.29, 0.717) is 6.04 Å². The number of hydrogen-bond acceptors (Lipinski definition) is 3. The molecular formula is C10H15ClN2OS. The molecule has 1 aliphatic heterocycles. The van der Waals surface area contributed by atoms with Gasteiger partial charge in [-0.1, -0.05) is 0 Å². The second-order valence-electron chi connectivity index (χ2n) is 3.53. The number of carbonyl (C=O) groups excluding carboxylic acids is 1. The number of amides is 1. The Morgan fingerprint density at radius 1 is 1.60 bits per heavy atom. The van der Waals surface area contributed by atoms with Gasteiger partial charge in [-0.2, -0.15) is 11.3 Å². The lowest BCUT2D eigenvalue weighted by Gasteiger charge is -2.23. The summed E-state index contributed by atoms with van der Waals surface area (Å²) >= 11 is 1.55. The molecule has 0 saturated carbocycles. The van der Waals surface area contributed by atoms with Gasteiger partial charge in [0.25, 0.3) is 5.91 Å². The van der Waals surface area contributed by atoms with E-state index in [2.05, 4.69) is 10.6 Å². The molecule has 5 heteroatoms. The number of piperidine rings is 1. The molecule has 3 nitrogen and oxygen atoms in total. The number of carbonyl (C=O) groups is 1. The molecule has 0 aliphatic carbocycles. The SMILES string of the molecule is Cl.O=C(N[C@@H]1CCCNC1)c1ccsc1. The van der Waals surface area contributed by atoms with E-state index in [-0.39, 0.29) is 18.3 Å². The first kappa shape index (κ1) is 12.5. The fourth-order valence-electron chi connectivity index (χ4n) is 1.64. The van der Waals surface area contributed by atoms with Crippen molar-refractivity contribution in [3.05, 3.63) is 22.4 Å². The largest absolute Gasteiger partial charge is 0.348 e. The zero-order valence-corrected chi connectivity index (χ0v) is 10.00. The van der Waals surface area contributed by atoms with E-state index in [1.165, 1.54) is 0 Å². The van der Waals surface area contributed by atoms with Crippen LogP contribution < -0.4 is 10.6 Å². The minimum Gasteiger partial charge on any atom is -0.348 e. The molecule has 1 aliphatic rings. The Morgan fingerprint density at radius 2 is 2.47 bits per heavy atom. The summed E-state index contributed by atoms with van der Waals surface area (Å²) in [5.41, 5.74) is 0.778. The van der Waals surface area contributed by atoms with Crippen LogP contribution in [0.15, 0.2) is 16.8 Å². The predicted octanol–water partition coefficient (Wildman–Crippen LogP) is 1.65. The van der Waals surface area contributed by atoms with Crippen molar-refractivity contribution < 1.29 is 4.79 Å². The molecule has 1 saturated heterocycles. The Kier molecular flexibility index (Phi) is 5.08. The zero-order valence-electron chi connectivity index (χ0n) is 8.36. The molecule has 1 aromatic heterocycles. The lowest BCUT2D eigenvalue weighted by molar-refractivity contribution is 0.0931.